The predicted octanol–water partition coefficient (Wildman–Crippen LogP) is 8.34. The minimum atomic E-state index is -0.173. The van der Waals surface area contributed by atoms with Gasteiger partial charge in [-0.15, -0.1) is 0 Å². The average Bonchev–Trinajstić information content (AvgIpc) is 3.78. The lowest BCUT2D eigenvalue weighted by molar-refractivity contribution is -0.118. The number of benzene rings is 5. The molecule has 61 heavy (non-hydrogen) atoms. The Labute approximate surface area is 355 Å². The van der Waals surface area contributed by atoms with E-state index in [0.717, 1.165) is 46.6 Å². The van der Waals surface area contributed by atoms with Crippen molar-refractivity contribution in [3.63, 3.8) is 0 Å². The van der Waals surface area contributed by atoms with Crippen LogP contribution >= 0.6 is 0 Å². The summed E-state index contributed by atoms with van der Waals surface area (Å²) in [6.45, 7) is 3.57. The number of nitrogens with one attached hydrogen (secondary N) is 1. The van der Waals surface area contributed by atoms with Gasteiger partial charge >= 0.3 is 0 Å². The summed E-state index contributed by atoms with van der Waals surface area (Å²) in [4.78, 5) is 50.7. The van der Waals surface area contributed by atoms with E-state index in [1.54, 1.807) is 32.4 Å². The van der Waals surface area contributed by atoms with Crippen LogP contribution in [0.4, 0.5) is 28.4 Å². The van der Waals surface area contributed by atoms with Crippen molar-refractivity contribution >= 4 is 52.2 Å². The van der Waals surface area contributed by atoms with Gasteiger partial charge in [-0.1, -0.05) is 43.3 Å². The molecule has 0 bridgehead atoms. The number of ketones is 1. The Morgan fingerprint density at radius 2 is 1.39 bits per heavy atom. The third kappa shape index (κ3) is 7.62. The number of hydrogen-bond donors (Lipinski definition) is 1. The lowest BCUT2D eigenvalue weighted by Gasteiger charge is -2.23. The summed E-state index contributed by atoms with van der Waals surface area (Å²) in [6.07, 6.45) is 5.11. The molecule has 0 saturated carbocycles. The molecule has 12 heteroatoms. The van der Waals surface area contributed by atoms with Gasteiger partial charge in [0.05, 0.1) is 48.8 Å². The topological polar surface area (TPSA) is 122 Å². The average molecular weight is 820 g/mol. The monoisotopic (exact) mass is 819 g/mol. The van der Waals surface area contributed by atoms with E-state index in [4.69, 9.17) is 23.9 Å². The molecular weight excluding hydrogens is 771 g/mol. The van der Waals surface area contributed by atoms with Gasteiger partial charge < -0.3 is 34.1 Å². The molecule has 0 fully saturated rings. The molecule has 0 unspecified atom stereocenters. The number of para-hydroxylation sites is 2. The maximum atomic E-state index is 14.0. The molecular formula is C49H49N5O7. The lowest BCUT2D eigenvalue weighted by Crippen LogP contribution is -2.39. The largest absolute Gasteiger partial charge is 0.493 e. The van der Waals surface area contributed by atoms with Crippen LogP contribution in [-0.2, 0) is 30.8 Å². The van der Waals surface area contributed by atoms with Crippen LogP contribution in [0, 0.1) is 0 Å². The highest BCUT2D eigenvalue weighted by Gasteiger charge is 2.38. The molecule has 4 aliphatic rings. The van der Waals surface area contributed by atoms with Gasteiger partial charge in [-0.2, -0.15) is 0 Å². The number of methoxy groups -OCH3 is 2. The number of aliphatic imine (C=N–C) groups is 1. The van der Waals surface area contributed by atoms with Gasteiger partial charge in [0.2, 0.25) is 0 Å². The van der Waals surface area contributed by atoms with Crippen LogP contribution in [0.3, 0.4) is 0 Å². The molecule has 0 radical (unpaired) electrons. The first kappa shape index (κ1) is 39.6. The first-order valence-corrected chi connectivity index (χ1v) is 20.9. The number of anilines is 4. The van der Waals surface area contributed by atoms with Crippen LogP contribution in [0.2, 0.25) is 0 Å². The Balaban J connectivity index is 0.968. The molecule has 9 rings (SSSR count). The molecule has 4 heterocycles. The second-order valence-electron chi connectivity index (χ2n) is 16.0. The SMILES string of the molecule is CCC(=O)CCCN(C)c1cc(COc2cc3c(cc2OC)C(=O)N2c4ccccc4C[C@H]2C=N3)cc(COc2cc3c(cc2OC)C(=O)N2c4ccccc4C[C@H]2CN3)c1. The standard InChI is InChI=1S/C49H49N5O7/c1-5-37(55)13-10-16-52(2)34-18-30(28-60-46-24-40-38(22-44(46)58-3)48(56)53-35(26-50-40)20-32-11-6-8-14-42(32)53)17-31(19-34)29-61-47-25-41-39(23-45(47)59-4)49(57)54-36(27-51-41)21-33-12-7-9-15-43(33)54/h6-9,11-12,14-15,17-19,22-26,35-36,51H,5,10,13,16,20-21,27-29H2,1-4H3/t35-,36-/m0/s1. The van der Waals surface area contributed by atoms with Crippen molar-refractivity contribution in [3.8, 4) is 23.0 Å². The van der Waals surface area contributed by atoms with Crippen LogP contribution < -0.4 is 39.0 Å². The number of fused-ring (bicyclic) bond motifs is 8. The highest BCUT2D eigenvalue weighted by molar-refractivity contribution is 6.15. The molecule has 4 aliphatic heterocycles. The molecule has 0 aliphatic carbocycles. The van der Waals surface area contributed by atoms with Crippen molar-refractivity contribution in [1.82, 2.24) is 0 Å². The van der Waals surface area contributed by atoms with Crippen LogP contribution in [0.25, 0.3) is 0 Å². The first-order valence-electron chi connectivity index (χ1n) is 20.9. The van der Waals surface area contributed by atoms with Crippen molar-refractivity contribution in [3.05, 3.63) is 124 Å². The zero-order valence-corrected chi connectivity index (χ0v) is 34.9. The summed E-state index contributed by atoms with van der Waals surface area (Å²) in [5, 5.41) is 3.51. The van der Waals surface area contributed by atoms with E-state index in [-0.39, 0.29) is 42.9 Å². The number of hydrogen-bond acceptors (Lipinski definition) is 10. The van der Waals surface area contributed by atoms with Gasteiger partial charge in [-0.05, 0) is 77.6 Å². The van der Waals surface area contributed by atoms with Crippen molar-refractivity contribution in [2.45, 2.75) is 64.3 Å². The second-order valence-corrected chi connectivity index (χ2v) is 16.0. The number of carbonyl (C=O) groups excluding carboxylic acids is 3. The number of carbonyl (C=O) groups is 3. The zero-order valence-electron chi connectivity index (χ0n) is 34.9. The second kappa shape index (κ2) is 16.7. The number of nitrogens with zero attached hydrogens (tertiary/aromatic N) is 4. The first-order chi connectivity index (χ1) is 29.7. The Bertz CT molecular complexity index is 2570. The van der Waals surface area contributed by atoms with Crippen molar-refractivity contribution in [2.24, 2.45) is 4.99 Å². The van der Waals surface area contributed by atoms with Crippen LogP contribution in [0.1, 0.15) is 69.2 Å². The van der Waals surface area contributed by atoms with E-state index in [1.807, 2.05) is 78.5 Å². The number of rotatable bonds is 14. The van der Waals surface area contributed by atoms with Gasteiger partial charge in [-0.3, -0.25) is 24.3 Å². The van der Waals surface area contributed by atoms with Gasteiger partial charge in [-0.25, -0.2) is 0 Å². The summed E-state index contributed by atoms with van der Waals surface area (Å²) in [5.74, 6) is 1.89. The van der Waals surface area contributed by atoms with Crippen molar-refractivity contribution in [1.29, 1.82) is 0 Å². The lowest BCUT2D eigenvalue weighted by atomic mass is 10.1. The quantitative estimate of drug-likeness (QED) is 0.118. The third-order valence-electron chi connectivity index (χ3n) is 12.1. The molecule has 12 nitrogen and oxygen atoms in total. The van der Waals surface area contributed by atoms with E-state index in [9.17, 15) is 14.4 Å². The fraction of sp³-hybridized carbons (Fsp3) is 0.306. The van der Waals surface area contributed by atoms with Gasteiger partial charge in [0, 0.05) is 74.8 Å². The van der Waals surface area contributed by atoms with Crippen LogP contribution in [0.15, 0.2) is 96.0 Å². The normalized spacial score (nSPS) is 16.9. The highest BCUT2D eigenvalue weighted by atomic mass is 16.5. The number of Topliss-reactive ketones (excluding diaryl/α,β-unsaturated/α-hetero) is 1. The molecule has 0 aromatic heterocycles. The Hall–Kier alpha value is -6.82. The minimum absolute atomic E-state index is 0.00462. The summed E-state index contributed by atoms with van der Waals surface area (Å²) in [6, 6.07) is 29.1. The molecule has 1 N–H and O–H groups in total. The van der Waals surface area contributed by atoms with E-state index in [2.05, 4.69) is 34.5 Å². The molecule has 2 amide bonds. The van der Waals surface area contributed by atoms with E-state index < -0.39 is 0 Å². The highest BCUT2D eigenvalue weighted by Crippen LogP contribution is 2.43. The predicted molar refractivity (Wildman–Crippen MR) is 237 cm³/mol. The van der Waals surface area contributed by atoms with E-state index in [0.29, 0.717) is 77.9 Å². The summed E-state index contributed by atoms with van der Waals surface area (Å²) in [5.41, 5.74) is 9.03. The maximum Gasteiger partial charge on any atom is 0.261 e. The maximum absolute atomic E-state index is 14.0. The molecule has 0 saturated heterocycles. The number of amides is 2. The summed E-state index contributed by atoms with van der Waals surface area (Å²) < 4.78 is 24.6. The van der Waals surface area contributed by atoms with Crippen molar-refractivity contribution in [2.75, 3.05) is 54.4 Å². The van der Waals surface area contributed by atoms with Crippen LogP contribution in [0.5, 0.6) is 23.0 Å². The van der Waals surface area contributed by atoms with E-state index in [1.165, 1.54) is 5.56 Å². The van der Waals surface area contributed by atoms with Crippen LogP contribution in [-0.4, -0.2) is 70.3 Å². The Morgan fingerprint density at radius 3 is 2.08 bits per heavy atom. The fourth-order valence-electron chi connectivity index (χ4n) is 8.87. The van der Waals surface area contributed by atoms with Crippen molar-refractivity contribution < 1.29 is 33.3 Å². The molecule has 2 atom stereocenters. The Morgan fingerprint density at radius 1 is 0.770 bits per heavy atom. The molecule has 5 aromatic rings. The summed E-state index contributed by atoms with van der Waals surface area (Å²) >= 11 is 0. The van der Waals surface area contributed by atoms with Gasteiger partial charge in [0.25, 0.3) is 11.8 Å². The zero-order chi connectivity index (χ0) is 42.2. The fourth-order valence-corrected chi connectivity index (χ4v) is 8.87. The molecule has 312 valence electrons. The minimum Gasteiger partial charge on any atom is -0.493 e. The molecule has 0 spiro atoms. The Kier molecular flexibility index (Phi) is 10.8. The number of ether oxygens (including phenoxy) is 4. The van der Waals surface area contributed by atoms with Gasteiger partial charge in [0.1, 0.15) is 19.0 Å². The summed E-state index contributed by atoms with van der Waals surface area (Å²) in [7, 11) is 5.15. The van der Waals surface area contributed by atoms with Gasteiger partial charge in [0.15, 0.2) is 23.0 Å². The third-order valence-corrected chi connectivity index (χ3v) is 12.1. The smallest absolute Gasteiger partial charge is 0.261 e. The van der Waals surface area contributed by atoms with E-state index >= 15 is 0 Å². The molecule has 5 aromatic carbocycles.